The summed E-state index contributed by atoms with van der Waals surface area (Å²) in [5.74, 6) is -3.72. The van der Waals surface area contributed by atoms with Crippen LogP contribution in [-0.2, 0) is 21.2 Å². The fourth-order valence-corrected chi connectivity index (χ4v) is 6.29. The number of nitrogens with zero attached hydrogens (tertiary/aromatic N) is 1. The van der Waals surface area contributed by atoms with E-state index in [2.05, 4.69) is 4.72 Å². The van der Waals surface area contributed by atoms with Crippen molar-refractivity contribution in [2.45, 2.75) is 44.2 Å². The Kier molecular flexibility index (Phi) is 8.81. The van der Waals surface area contributed by atoms with Gasteiger partial charge in [0.15, 0.2) is 22.8 Å². The van der Waals surface area contributed by atoms with E-state index in [1.165, 1.54) is 20.3 Å². The average Bonchev–Trinajstić information content (AvgIpc) is 3.66. The third kappa shape index (κ3) is 6.96. The van der Waals surface area contributed by atoms with Crippen LogP contribution in [0.1, 0.15) is 26.3 Å². The molecule has 0 unspecified atom stereocenters. The van der Waals surface area contributed by atoms with Gasteiger partial charge in [-0.3, -0.25) is 9.62 Å². The number of rotatable bonds is 8. The SMILES string of the molecule is COc1ccc(-c2ccccc2)c(OC)c1NS(=O)(=O)[C@@H]1[C@@H](Cc2cc(F)c(F)cc2F)N1C(=O)NC(=O)OC(C)(C)C. The van der Waals surface area contributed by atoms with Crippen molar-refractivity contribution in [3.63, 3.8) is 0 Å². The van der Waals surface area contributed by atoms with E-state index >= 15 is 0 Å². The molecule has 3 aromatic carbocycles. The number of methoxy groups -OCH3 is 2. The highest BCUT2D eigenvalue weighted by atomic mass is 32.2. The fourth-order valence-electron chi connectivity index (χ4n) is 4.57. The summed E-state index contributed by atoms with van der Waals surface area (Å²) in [6, 6.07) is 10.6. The number of halogens is 3. The third-order valence-corrected chi connectivity index (χ3v) is 8.09. The zero-order valence-corrected chi connectivity index (χ0v) is 24.7. The molecule has 10 nitrogen and oxygen atoms in total. The number of hydrogen-bond acceptors (Lipinski definition) is 7. The Morgan fingerprint density at radius 3 is 2.19 bits per heavy atom. The van der Waals surface area contributed by atoms with Crippen LogP contribution >= 0.6 is 0 Å². The Bertz CT molecular complexity index is 1650. The Balaban J connectivity index is 1.71. The van der Waals surface area contributed by atoms with Crippen LogP contribution in [-0.4, -0.2) is 56.7 Å². The number of imide groups is 1. The van der Waals surface area contributed by atoms with Gasteiger partial charge in [0, 0.05) is 11.6 Å². The Morgan fingerprint density at radius 1 is 0.930 bits per heavy atom. The van der Waals surface area contributed by atoms with Crippen LogP contribution in [0.15, 0.2) is 54.6 Å². The van der Waals surface area contributed by atoms with Crippen molar-refractivity contribution in [3.8, 4) is 22.6 Å². The molecule has 0 saturated carbocycles. The van der Waals surface area contributed by atoms with Crippen molar-refractivity contribution in [2.24, 2.45) is 0 Å². The molecule has 0 spiro atoms. The maximum Gasteiger partial charge on any atom is 0.415 e. The number of nitrogens with one attached hydrogen (secondary N) is 2. The summed E-state index contributed by atoms with van der Waals surface area (Å²) < 4.78 is 88.0. The van der Waals surface area contributed by atoms with E-state index in [-0.39, 0.29) is 22.7 Å². The molecule has 230 valence electrons. The molecule has 2 atom stereocenters. The van der Waals surface area contributed by atoms with Crippen molar-refractivity contribution < 1.29 is 45.4 Å². The molecule has 0 aromatic heterocycles. The lowest BCUT2D eigenvalue weighted by atomic mass is 10.0. The molecule has 2 N–H and O–H groups in total. The fraction of sp³-hybridized carbons (Fsp3) is 0.310. The van der Waals surface area contributed by atoms with Gasteiger partial charge < -0.3 is 14.2 Å². The van der Waals surface area contributed by atoms with Gasteiger partial charge in [-0.1, -0.05) is 30.3 Å². The van der Waals surface area contributed by atoms with Gasteiger partial charge in [-0.2, -0.15) is 0 Å². The van der Waals surface area contributed by atoms with Crippen LogP contribution in [0.5, 0.6) is 11.5 Å². The van der Waals surface area contributed by atoms with Crippen LogP contribution in [0.4, 0.5) is 28.4 Å². The lowest BCUT2D eigenvalue weighted by molar-refractivity contribution is 0.0542. The van der Waals surface area contributed by atoms with Gasteiger partial charge in [-0.25, -0.2) is 36.5 Å². The maximum absolute atomic E-state index is 14.5. The van der Waals surface area contributed by atoms with Gasteiger partial charge in [-0.15, -0.1) is 0 Å². The standard InChI is InChI=1S/C29H30F3N3O7S/c1-29(2,3)42-28(37)33-27(36)35-22(14-17-13-20(31)21(32)15-19(17)30)26(35)43(38,39)34-24-23(40-4)12-11-18(25(24)41-5)16-9-7-6-8-10-16/h6-13,15,22,26,34H,14H2,1-5H3,(H,33,36,37)/t22-,26-,35?/m1/s1. The van der Waals surface area contributed by atoms with Gasteiger partial charge in [0.2, 0.25) is 0 Å². The number of alkyl carbamates (subject to hydrolysis) is 1. The minimum Gasteiger partial charge on any atom is -0.494 e. The number of urea groups is 1. The molecule has 3 aromatic rings. The van der Waals surface area contributed by atoms with Crippen LogP contribution < -0.4 is 19.5 Å². The van der Waals surface area contributed by atoms with Gasteiger partial charge >= 0.3 is 12.1 Å². The molecule has 1 aliphatic heterocycles. The Hall–Kier alpha value is -4.46. The van der Waals surface area contributed by atoms with Crippen molar-refractivity contribution in [3.05, 3.63) is 77.6 Å². The van der Waals surface area contributed by atoms with Crippen LogP contribution in [0.25, 0.3) is 11.1 Å². The van der Waals surface area contributed by atoms with Gasteiger partial charge in [0.25, 0.3) is 10.0 Å². The molecule has 14 heteroatoms. The molecule has 1 fully saturated rings. The summed E-state index contributed by atoms with van der Waals surface area (Å²) in [6.07, 6.45) is -1.67. The third-order valence-electron chi connectivity index (χ3n) is 6.42. The molecule has 0 radical (unpaired) electrons. The molecular weight excluding hydrogens is 591 g/mol. The minimum atomic E-state index is -4.56. The van der Waals surface area contributed by atoms with Crippen molar-refractivity contribution in [1.82, 2.24) is 10.2 Å². The summed E-state index contributed by atoms with van der Waals surface area (Å²) in [7, 11) is -1.90. The van der Waals surface area contributed by atoms with E-state index in [0.29, 0.717) is 23.3 Å². The first-order valence-corrected chi connectivity index (χ1v) is 14.5. The number of sulfonamides is 1. The largest absolute Gasteiger partial charge is 0.494 e. The Morgan fingerprint density at radius 2 is 1.58 bits per heavy atom. The van der Waals surface area contributed by atoms with Gasteiger partial charge in [0.1, 0.15) is 22.9 Å². The van der Waals surface area contributed by atoms with Crippen molar-refractivity contribution in [1.29, 1.82) is 0 Å². The number of ether oxygens (including phenoxy) is 3. The highest BCUT2D eigenvalue weighted by Crippen LogP contribution is 2.45. The molecule has 3 amide bonds. The summed E-state index contributed by atoms with van der Waals surface area (Å²) in [6.45, 7) is 4.68. The summed E-state index contributed by atoms with van der Waals surface area (Å²) in [4.78, 5) is 26.1. The number of carbonyl (C=O) groups excluding carboxylic acids is 2. The molecule has 0 aliphatic carbocycles. The predicted molar refractivity (Wildman–Crippen MR) is 152 cm³/mol. The first kappa shape index (κ1) is 31.5. The molecule has 43 heavy (non-hydrogen) atoms. The predicted octanol–water partition coefficient (Wildman–Crippen LogP) is 5.43. The molecular formula is C29H30F3N3O7S. The van der Waals surface area contributed by atoms with Crippen molar-refractivity contribution in [2.75, 3.05) is 18.9 Å². The Labute approximate surface area is 246 Å². The minimum absolute atomic E-state index is 0.0801. The lowest BCUT2D eigenvalue weighted by Crippen LogP contribution is -2.40. The normalized spacial score (nSPS) is 16.3. The van der Waals surface area contributed by atoms with Crippen LogP contribution in [0.2, 0.25) is 0 Å². The molecule has 4 rings (SSSR count). The highest BCUT2D eigenvalue weighted by Gasteiger charge is 2.59. The zero-order valence-electron chi connectivity index (χ0n) is 23.9. The molecule has 1 aliphatic rings. The quantitative estimate of drug-likeness (QED) is 0.254. The zero-order chi connectivity index (χ0) is 31.7. The molecule has 1 heterocycles. The number of amides is 3. The smallest absolute Gasteiger partial charge is 0.415 e. The summed E-state index contributed by atoms with van der Waals surface area (Å²) in [5.41, 5.74) is -0.195. The second-order valence-electron chi connectivity index (χ2n) is 10.6. The van der Waals surface area contributed by atoms with Crippen LogP contribution in [0.3, 0.4) is 0 Å². The monoisotopic (exact) mass is 621 g/mol. The van der Waals surface area contributed by atoms with Crippen molar-refractivity contribution >= 4 is 27.8 Å². The number of benzene rings is 3. The number of carbonyl (C=O) groups is 2. The maximum atomic E-state index is 14.5. The van der Waals surface area contributed by atoms with E-state index < -0.39 is 63.0 Å². The van der Waals surface area contributed by atoms with E-state index in [0.717, 1.165) is 4.90 Å². The average molecular weight is 622 g/mol. The summed E-state index contributed by atoms with van der Waals surface area (Å²) in [5, 5.41) is 0.278. The van der Waals surface area contributed by atoms with Crippen LogP contribution in [0, 0.1) is 17.5 Å². The van der Waals surface area contributed by atoms with Gasteiger partial charge in [0.05, 0.1) is 20.3 Å². The first-order valence-electron chi connectivity index (χ1n) is 12.9. The second kappa shape index (κ2) is 12.0. The van der Waals surface area contributed by atoms with E-state index in [9.17, 15) is 31.2 Å². The topological polar surface area (TPSA) is 123 Å². The highest BCUT2D eigenvalue weighted by molar-refractivity contribution is 7.93. The number of anilines is 1. The lowest BCUT2D eigenvalue weighted by Gasteiger charge is -2.19. The van der Waals surface area contributed by atoms with E-state index in [4.69, 9.17) is 14.2 Å². The molecule has 0 bridgehead atoms. The molecule has 1 saturated heterocycles. The summed E-state index contributed by atoms with van der Waals surface area (Å²) >= 11 is 0. The van der Waals surface area contributed by atoms with Gasteiger partial charge in [-0.05, 0) is 56.5 Å². The second-order valence-corrected chi connectivity index (χ2v) is 12.4. The van der Waals surface area contributed by atoms with E-state index in [1.807, 2.05) is 11.4 Å². The first-order chi connectivity index (χ1) is 20.2. The number of hydrogen-bond donors (Lipinski definition) is 2. The van der Waals surface area contributed by atoms with E-state index in [1.54, 1.807) is 51.1 Å².